The number of anilines is 1. The van der Waals surface area contributed by atoms with Gasteiger partial charge in [0.1, 0.15) is 42.1 Å². The highest BCUT2D eigenvalue weighted by molar-refractivity contribution is 5.65. The lowest BCUT2D eigenvalue weighted by Gasteiger charge is -2.46. The molecule has 9 nitrogen and oxygen atoms in total. The van der Waals surface area contributed by atoms with Crippen LogP contribution in [-0.4, -0.2) is 86.8 Å². The predicted octanol–water partition coefficient (Wildman–Crippen LogP) is 3.58. The number of aromatic nitrogens is 3. The van der Waals surface area contributed by atoms with Gasteiger partial charge in [-0.05, 0) is 95.4 Å². The Bertz CT molecular complexity index is 1360. The highest BCUT2D eigenvalue weighted by Crippen LogP contribution is 2.47. The average Bonchev–Trinajstić information content (AvgIpc) is 3.68. The van der Waals surface area contributed by atoms with Crippen LogP contribution >= 0.6 is 0 Å². The quantitative estimate of drug-likeness (QED) is 0.498. The largest absolute Gasteiger partial charge is 0.382 e. The van der Waals surface area contributed by atoms with E-state index in [4.69, 9.17) is 19.9 Å². The minimum Gasteiger partial charge on any atom is -0.382 e. The summed E-state index contributed by atoms with van der Waals surface area (Å²) in [6, 6.07) is 10.9. The van der Waals surface area contributed by atoms with Crippen LogP contribution in [0.4, 0.5) is 10.2 Å². The van der Waals surface area contributed by atoms with Crippen LogP contribution in [0.3, 0.4) is 0 Å². The van der Waals surface area contributed by atoms with Crippen molar-refractivity contribution in [1.29, 1.82) is 0 Å². The third-order valence-corrected chi connectivity index (χ3v) is 9.51. The minimum absolute atomic E-state index is 0.104. The lowest BCUT2D eigenvalue weighted by atomic mass is 9.84. The fourth-order valence-electron chi connectivity index (χ4n) is 7.45. The average molecular weight is 551 g/mol. The van der Waals surface area contributed by atoms with E-state index >= 15 is 0 Å². The molecule has 7 rings (SSSR count). The number of rotatable bonds is 6. The van der Waals surface area contributed by atoms with Crippen molar-refractivity contribution in [3.05, 3.63) is 59.8 Å². The number of hydrogen-bond donors (Lipinski definition) is 1. The van der Waals surface area contributed by atoms with Crippen LogP contribution in [0.25, 0.3) is 5.52 Å². The van der Waals surface area contributed by atoms with Gasteiger partial charge in [0.2, 0.25) is 0 Å². The van der Waals surface area contributed by atoms with Gasteiger partial charge in [0, 0.05) is 18.6 Å². The second kappa shape index (κ2) is 10.0. The molecule has 4 fully saturated rings. The van der Waals surface area contributed by atoms with E-state index in [0.29, 0.717) is 5.82 Å². The molecule has 214 valence electrons. The maximum atomic E-state index is 13.3. The van der Waals surface area contributed by atoms with E-state index < -0.39 is 5.79 Å². The van der Waals surface area contributed by atoms with Gasteiger partial charge in [0.05, 0.1) is 5.69 Å². The van der Waals surface area contributed by atoms with Crippen molar-refractivity contribution in [3.63, 3.8) is 0 Å². The van der Waals surface area contributed by atoms with E-state index in [1.165, 1.54) is 24.7 Å². The Morgan fingerprint density at radius 2 is 1.77 bits per heavy atom. The van der Waals surface area contributed by atoms with Crippen molar-refractivity contribution in [3.8, 4) is 0 Å². The summed E-state index contributed by atoms with van der Waals surface area (Å²) < 4.78 is 34.7. The Morgan fingerprint density at radius 1 is 1.00 bits per heavy atom. The van der Waals surface area contributed by atoms with Gasteiger partial charge in [-0.25, -0.2) is 13.9 Å². The standard InChI is InChI=1S/C30H39FN6O3/c1-29(2)39-26-24(38-25(27(26)40-29)22-8-9-23-28(32)33-19-34-37(22)23)18-36-14-3-11-30(36)12-16-35(17-13-30)15-10-20-4-6-21(31)7-5-20/h4-9,19,24-27H,3,10-18H2,1-2H3,(H2,32,33,34)/t24-,25+,26-,27+/m1/s1. The molecule has 0 aliphatic carbocycles. The first-order chi connectivity index (χ1) is 19.3. The number of nitrogen functional groups attached to an aromatic ring is 1. The van der Waals surface area contributed by atoms with Crippen LogP contribution in [0.15, 0.2) is 42.7 Å². The third kappa shape index (κ3) is 4.69. The first-order valence-corrected chi connectivity index (χ1v) is 14.6. The summed E-state index contributed by atoms with van der Waals surface area (Å²) in [5, 5.41) is 4.46. The van der Waals surface area contributed by atoms with Crippen LogP contribution in [0, 0.1) is 5.82 Å². The van der Waals surface area contributed by atoms with Crippen molar-refractivity contribution in [2.24, 2.45) is 0 Å². The molecule has 40 heavy (non-hydrogen) atoms. The zero-order valence-electron chi connectivity index (χ0n) is 23.3. The number of halogens is 1. The molecule has 0 unspecified atom stereocenters. The zero-order valence-corrected chi connectivity index (χ0v) is 23.3. The molecule has 4 aliphatic rings. The van der Waals surface area contributed by atoms with Crippen molar-refractivity contribution in [1.82, 2.24) is 24.4 Å². The van der Waals surface area contributed by atoms with E-state index in [2.05, 4.69) is 19.9 Å². The molecule has 2 N–H and O–H groups in total. The van der Waals surface area contributed by atoms with Crippen molar-refractivity contribution in [2.75, 3.05) is 38.5 Å². The Labute approximate surface area is 234 Å². The molecule has 0 amide bonds. The third-order valence-electron chi connectivity index (χ3n) is 9.51. The summed E-state index contributed by atoms with van der Waals surface area (Å²) in [5.74, 6) is -0.401. The summed E-state index contributed by atoms with van der Waals surface area (Å²) >= 11 is 0. The topological polar surface area (TPSA) is 90.4 Å². The maximum absolute atomic E-state index is 13.3. The number of ether oxygens (including phenoxy) is 3. The molecular weight excluding hydrogens is 511 g/mol. The van der Waals surface area contributed by atoms with Crippen molar-refractivity contribution < 1.29 is 18.6 Å². The molecule has 10 heteroatoms. The maximum Gasteiger partial charge on any atom is 0.164 e. The summed E-state index contributed by atoms with van der Waals surface area (Å²) in [6.45, 7) is 9.05. The molecule has 0 radical (unpaired) electrons. The summed E-state index contributed by atoms with van der Waals surface area (Å²) in [7, 11) is 0. The van der Waals surface area contributed by atoms with Crippen LogP contribution in [0.2, 0.25) is 0 Å². The van der Waals surface area contributed by atoms with Gasteiger partial charge in [-0.3, -0.25) is 4.90 Å². The normalized spacial score (nSPS) is 30.0. The summed E-state index contributed by atoms with van der Waals surface area (Å²) in [4.78, 5) is 9.37. The van der Waals surface area contributed by atoms with Gasteiger partial charge in [-0.2, -0.15) is 5.10 Å². The van der Waals surface area contributed by atoms with Crippen LogP contribution in [0.5, 0.6) is 0 Å². The predicted molar refractivity (Wildman–Crippen MR) is 148 cm³/mol. The number of nitrogens with zero attached hydrogens (tertiary/aromatic N) is 5. The molecule has 2 aromatic heterocycles. The van der Waals surface area contributed by atoms with Gasteiger partial charge < -0.3 is 24.8 Å². The molecule has 0 saturated carbocycles. The number of piperidine rings is 1. The Morgan fingerprint density at radius 3 is 2.58 bits per heavy atom. The summed E-state index contributed by atoms with van der Waals surface area (Å²) in [5.41, 5.74) is 9.19. The second-order valence-corrected chi connectivity index (χ2v) is 12.4. The molecule has 6 heterocycles. The highest BCUT2D eigenvalue weighted by atomic mass is 19.1. The first-order valence-electron chi connectivity index (χ1n) is 14.6. The monoisotopic (exact) mass is 550 g/mol. The number of likely N-dealkylation sites (tertiary alicyclic amines) is 2. The molecule has 3 aromatic rings. The smallest absolute Gasteiger partial charge is 0.164 e. The molecular formula is C30H39FN6O3. The lowest BCUT2D eigenvalue weighted by Crippen LogP contribution is -2.55. The van der Waals surface area contributed by atoms with Gasteiger partial charge >= 0.3 is 0 Å². The number of nitrogens with two attached hydrogens (primary N) is 1. The van der Waals surface area contributed by atoms with Gasteiger partial charge in [0.25, 0.3) is 0 Å². The van der Waals surface area contributed by atoms with Gasteiger partial charge in [-0.15, -0.1) is 0 Å². The Balaban J connectivity index is 1.04. The highest BCUT2D eigenvalue weighted by Gasteiger charge is 2.57. The molecule has 1 spiro atoms. The number of benzene rings is 1. The van der Waals surface area contributed by atoms with Crippen LogP contribution in [0.1, 0.15) is 56.9 Å². The SMILES string of the molecule is CC1(C)O[C@@H]2[C@H](O1)[C@@H](CN1CCCC13CCN(CCc1ccc(F)cc1)CC3)O[C@H]2c1ccc2c(N)ncnn12. The van der Waals surface area contributed by atoms with Crippen molar-refractivity contribution in [2.45, 2.75) is 81.7 Å². The van der Waals surface area contributed by atoms with E-state index in [1.807, 2.05) is 42.6 Å². The first kappa shape index (κ1) is 26.3. The van der Waals surface area contributed by atoms with E-state index in [1.54, 1.807) is 12.1 Å². The van der Waals surface area contributed by atoms with Gasteiger partial charge in [-0.1, -0.05) is 12.1 Å². The minimum atomic E-state index is -0.671. The number of fused-ring (bicyclic) bond motifs is 2. The fourth-order valence-corrected chi connectivity index (χ4v) is 7.45. The molecule has 4 atom stereocenters. The van der Waals surface area contributed by atoms with E-state index in [0.717, 1.165) is 63.2 Å². The van der Waals surface area contributed by atoms with Gasteiger partial charge in [0.15, 0.2) is 11.6 Å². The van der Waals surface area contributed by atoms with Crippen molar-refractivity contribution >= 4 is 11.3 Å². The molecule has 0 bridgehead atoms. The zero-order chi connectivity index (χ0) is 27.5. The Hall–Kier alpha value is -2.63. The molecule has 4 aliphatic heterocycles. The fraction of sp³-hybridized carbons (Fsp3) is 0.600. The molecule has 4 saturated heterocycles. The van der Waals surface area contributed by atoms with E-state index in [-0.39, 0.29) is 35.8 Å². The lowest BCUT2D eigenvalue weighted by molar-refractivity contribution is -0.191. The summed E-state index contributed by atoms with van der Waals surface area (Å²) in [6.07, 6.45) is 6.40. The Kier molecular flexibility index (Phi) is 6.59. The van der Waals surface area contributed by atoms with Crippen LogP contribution in [-0.2, 0) is 20.6 Å². The molecule has 1 aromatic carbocycles. The van der Waals surface area contributed by atoms with Crippen LogP contribution < -0.4 is 5.73 Å². The van der Waals surface area contributed by atoms with E-state index in [9.17, 15) is 4.39 Å². The second-order valence-electron chi connectivity index (χ2n) is 12.4. The number of hydrogen-bond acceptors (Lipinski definition) is 8.